The average molecular weight is 331 g/mol. The van der Waals surface area contributed by atoms with E-state index >= 15 is 0 Å². The summed E-state index contributed by atoms with van der Waals surface area (Å²) in [5.41, 5.74) is 1.16. The van der Waals surface area contributed by atoms with Gasteiger partial charge in [-0.2, -0.15) is 0 Å². The predicted octanol–water partition coefficient (Wildman–Crippen LogP) is 1.80. The van der Waals surface area contributed by atoms with Crippen molar-refractivity contribution in [3.8, 4) is 0 Å². The molecule has 0 aromatic heterocycles. The van der Waals surface area contributed by atoms with E-state index in [1.165, 1.54) is 10.5 Å². The second kappa shape index (κ2) is 7.47. The van der Waals surface area contributed by atoms with Crippen molar-refractivity contribution in [1.82, 2.24) is 15.5 Å². The zero-order valence-corrected chi connectivity index (χ0v) is 14.5. The van der Waals surface area contributed by atoms with Crippen molar-refractivity contribution < 1.29 is 14.4 Å². The summed E-state index contributed by atoms with van der Waals surface area (Å²) in [7, 11) is 0. The first-order valence-corrected chi connectivity index (χ1v) is 8.21. The van der Waals surface area contributed by atoms with Gasteiger partial charge in [0.1, 0.15) is 6.54 Å². The van der Waals surface area contributed by atoms with Crippen LogP contribution in [0.1, 0.15) is 39.2 Å². The molecule has 4 amide bonds. The third kappa shape index (κ3) is 4.81. The Balaban J connectivity index is 1.85. The lowest BCUT2D eigenvalue weighted by molar-refractivity contribution is -0.125. The minimum absolute atomic E-state index is 0.0258. The summed E-state index contributed by atoms with van der Waals surface area (Å²) in [6.07, 6.45) is 1.02. The molecule has 1 atom stereocenters. The van der Waals surface area contributed by atoms with Gasteiger partial charge in [0.25, 0.3) is 0 Å². The van der Waals surface area contributed by atoms with Crippen molar-refractivity contribution in [2.45, 2.75) is 45.1 Å². The second-order valence-corrected chi connectivity index (χ2v) is 6.95. The molecule has 1 aliphatic rings. The lowest BCUT2D eigenvalue weighted by atomic mass is 9.79. The van der Waals surface area contributed by atoms with E-state index < -0.39 is 6.03 Å². The molecule has 130 valence electrons. The first-order chi connectivity index (χ1) is 11.3. The van der Waals surface area contributed by atoms with Crippen LogP contribution in [0.25, 0.3) is 0 Å². The van der Waals surface area contributed by atoms with Gasteiger partial charge in [0.15, 0.2) is 0 Å². The van der Waals surface area contributed by atoms with Gasteiger partial charge in [-0.3, -0.25) is 14.9 Å². The number of nitrogens with one attached hydrogen (secondary N) is 2. The van der Waals surface area contributed by atoms with E-state index in [0.29, 0.717) is 0 Å². The Kier molecular flexibility index (Phi) is 5.59. The maximum Gasteiger partial charge on any atom is 0.324 e. The van der Waals surface area contributed by atoms with Crippen LogP contribution in [0.4, 0.5) is 4.79 Å². The van der Waals surface area contributed by atoms with Crippen molar-refractivity contribution in [2.75, 3.05) is 13.1 Å². The van der Waals surface area contributed by atoms with E-state index in [9.17, 15) is 14.4 Å². The number of amides is 4. The lowest BCUT2D eigenvalue weighted by Crippen LogP contribution is -2.53. The largest absolute Gasteiger partial charge is 0.352 e. The Morgan fingerprint density at radius 1 is 1.29 bits per heavy atom. The van der Waals surface area contributed by atoms with Crippen molar-refractivity contribution in [1.29, 1.82) is 0 Å². The summed E-state index contributed by atoms with van der Waals surface area (Å²) < 4.78 is 0. The average Bonchev–Trinajstić information content (AvgIpc) is 2.50. The second-order valence-electron chi connectivity index (χ2n) is 6.95. The van der Waals surface area contributed by atoms with Crippen LogP contribution in [0.5, 0.6) is 0 Å². The standard InChI is InChI=1S/C18H25N3O3/c1-13(11-18(2,3)14-7-5-4-6-8-14)19-16(23)12-21-10-9-15(22)20-17(21)24/h4-8,13H,9-12H2,1-3H3,(H,19,23)(H,20,22,24). The van der Waals surface area contributed by atoms with E-state index in [1.54, 1.807) is 0 Å². The van der Waals surface area contributed by atoms with E-state index in [-0.39, 0.29) is 42.8 Å². The Hall–Kier alpha value is -2.37. The highest BCUT2D eigenvalue weighted by Crippen LogP contribution is 2.28. The Labute approximate surface area is 142 Å². The molecule has 0 aliphatic carbocycles. The topological polar surface area (TPSA) is 78.5 Å². The van der Waals surface area contributed by atoms with Crippen LogP contribution >= 0.6 is 0 Å². The van der Waals surface area contributed by atoms with Gasteiger partial charge in [0.2, 0.25) is 11.8 Å². The van der Waals surface area contributed by atoms with Gasteiger partial charge in [0, 0.05) is 19.0 Å². The molecule has 1 unspecified atom stereocenters. The molecule has 1 saturated heterocycles. The number of benzene rings is 1. The minimum Gasteiger partial charge on any atom is -0.352 e. The summed E-state index contributed by atoms with van der Waals surface area (Å²) in [6, 6.07) is 9.65. The number of carbonyl (C=O) groups excluding carboxylic acids is 3. The highest BCUT2D eigenvalue weighted by Gasteiger charge is 2.27. The SMILES string of the molecule is CC(CC(C)(C)c1ccccc1)NC(=O)CN1CCC(=O)NC1=O. The molecular weight excluding hydrogens is 306 g/mol. The summed E-state index contributed by atoms with van der Waals surface area (Å²) in [5.74, 6) is -0.509. The van der Waals surface area contributed by atoms with Crippen molar-refractivity contribution in [2.24, 2.45) is 0 Å². The third-order valence-electron chi connectivity index (χ3n) is 4.26. The van der Waals surface area contributed by atoms with Gasteiger partial charge in [-0.05, 0) is 24.3 Å². The summed E-state index contributed by atoms with van der Waals surface area (Å²) >= 11 is 0. The van der Waals surface area contributed by atoms with Gasteiger partial charge in [-0.1, -0.05) is 44.2 Å². The molecule has 1 heterocycles. The number of imide groups is 1. The number of urea groups is 1. The normalized spacial score (nSPS) is 16.5. The van der Waals surface area contributed by atoms with Crippen LogP contribution in [-0.4, -0.2) is 41.9 Å². The highest BCUT2D eigenvalue weighted by molar-refractivity contribution is 5.98. The summed E-state index contributed by atoms with van der Waals surface area (Å²) in [6.45, 7) is 6.50. The Morgan fingerprint density at radius 3 is 2.58 bits per heavy atom. The van der Waals surface area contributed by atoms with Gasteiger partial charge >= 0.3 is 6.03 Å². The number of rotatable bonds is 6. The molecule has 6 heteroatoms. The Bertz CT molecular complexity index is 613. The van der Waals surface area contributed by atoms with Gasteiger partial charge < -0.3 is 10.2 Å². The van der Waals surface area contributed by atoms with Gasteiger partial charge in [-0.25, -0.2) is 4.79 Å². The molecule has 0 bridgehead atoms. The molecule has 1 aromatic rings. The highest BCUT2D eigenvalue weighted by atomic mass is 16.2. The molecule has 1 aliphatic heterocycles. The van der Waals surface area contributed by atoms with Crippen LogP contribution in [0, 0.1) is 0 Å². The van der Waals surface area contributed by atoms with Crippen LogP contribution in [0.3, 0.4) is 0 Å². The number of hydrogen-bond acceptors (Lipinski definition) is 3. The maximum atomic E-state index is 12.2. The van der Waals surface area contributed by atoms with Crippen LogP contribution in [0.2, 0.25) is 0 Å². The number of nitrogens with zero attached hydrogens (tertiary/aromatic N) is 1. The van der Waals surface area contributed by atoms with E-state index in [2.05, 4.69) is 36.6 Å². The quantitative estimate of drug-likeness (QED) is 0.834. The van der Waals surface area contributed by atoms with Crippen molar-refractivity contribution in [3.63, 3.8) is 0 Å². The minimum atomic E-state index is -0.501. The monoisotopic (exact) mass is 331 g/mol. The van der Waals surface area contributed by atoms with Crippen molar-refractivity contribution in [3.05, 3.63) is 35.9 Å². The zero-order chi connectivity index (χ0) is 17.7. The fourth-order valence-electron chi connectivity index (χ4n) is 3.07. The smallest absolute Gasteiger partial charge is 0.324 e. The maximum absolute atomic E-state index is 12.2. The molecule has 0 radical (unpaired) electrons. The molecule has 2 rings (SSSR count). The van der Waals surface area contributed by atoms with Gasteiger partial charge in [0.05, 0.1) is 0 Å². The van der Waals surface area contributed by atoms with E-state index in [0.717, 1.165) is 6.42 Å². The Morgan fingerprint density at radius 2 is 1.96 bits per heavy atom. The van der Waals surface area contributed by atoms with E-state index in [4.69, 9.17) is 0 Å². The fraction of sp³-hybridized carbons (Fsp3) is 0.500. The zero-order valence-electron chi connectivity index (χ0n) is 14.5. The molecular formula is C18H25N3O3. The number of carbonyl (C=O) groups is 3. The molecule has 24 heavy (non-hydrogen) atoms. The first kappa shape index (κ1) is 18.0. The fourth-order valence-corrected chi connectivity index (χ4v) is 3.07. The summed E-state index contributed by atoms with van der Waals surface area (Å²) in [4.78, 5) is 36.3. The molecule has 1 fully saturated rings. The predicted molar refractivity (Wildman–Crippen MR) is 91.4 cm³/mol. The molecule has 6 nitrogen and oxygen atoms in total. The summed E-state index contributed by atoms with van der Waals surface area (Å²) in [5, 5.41) is 5.16. The van der Waals surface area contributed by atoms with Crippen LogP contribution in [-0.2, 0) is 15.0 Å². The number of hydrogen-bond donors (Lipinski definition) is 2. The molecule has 0 saturated carbocycles. The van der Waals surface area contributed by atoms with Crippen molar-refractivity contribution >= 4 is 17.8 Å². The van der Waals surface area contributed by atoms with Crippen LogP contribution in [0.15, 0.2) is 30.3 Å². The van der Waals surface area contributed by atoms with Crippen LogP contribution < -0.4 is 10.6 Å². The van der Waals surface area contributed by atoms with Gasteiger partial charge in [-0.15, -0.1) is 0 Å². The van der Waals surface area contributed by atoms with E-state index in [1.807, 2.05) is 25.1 Å². The third-order valence-corrected chi connectivity index (χ3v) is 4.26. The lowest BCUT2D eigenvalue weighted by Gasteiger charge is -2.30. The first-order valence-electron chi connectivity index (χ1n) is 8.21. The molecule has 2 N–H and O–H groups in total. The molecule has 0 spiro atoms. The molecule has 1 aromatic carbocycles.